The summed E-state index contributed by atoms with van der Waals surface area (Å²) in [7, 11) is 0. The van der Waals surface area contributed by atoms with Crippen LogP contribution in [0.25, 0.3) is 0 Å². The quantitative estimate of drug-likeness (QED) is 0.636. The molecule has 2 aliphatic rings. The molecule has 13 heavy (non-hydrogen) atoms. The molecule has 0 heterocycles. The predicted molar refractivity (Wildman–Crippen MR) is 49.3 cm³/mol. The van der Waals surface area contributed by atoms with Gasteiger partial charge in [-0.15, -0.1) is 0 Å². The van der Waals surface area contributed by atoms with Gasteiger partial charge in [0.2, 0.25) is 0 Å². The fraction of sp³-hybridized carbons (Fsp3) is 0.600. The molecule has 2 bridgehead atoms. The maximum absolute atomic E-state index is 10.8. The number of carbonyl (C=O) groups excluding carboxylic acids is 2. The van der Waals surface area contributed by atoms with Gasteiger partial charge in [-0.2, -0.15) is 0 Å². The highest BCUT2D eigenvalue weighted by atomic mass is 35.5. The average Bonchev–Trinajstić information content (AvgIpc) is 2.52. The number of hydrogen-bond acceptors (Lipinski definition) is 2. The maximum atomic E-state index is 10.8. The van der Waals surface area contributed by atoms with Crippen LogP contribution in [-0.2, 0) is 9.59 Å². The molecular weight excluding hydrogens is 188 g/mol. The predicted octanol–water partition coefficient (Wildman–Crippen LogP) is 1.92. The van der Waals surface area contributed by atoms with Crippen molar-refractivity contribution in [2.75, 3.05) is 0 Å². The van der Waals surface area contributed by atoms with Crippen LogP contribution in [0.3, 0.4) is 0 Å². The van der Waals surface area contributed by atoms with Crippen LogP contribution in [0.5, 0.6) is 0 Å². The molecule has 1 saturated carbocycles. The van der Waals surface area contributed by atoms with Crippen LogP contribution in [0.2, 0.25) is 0 Å². The highest BCUT2D eigenvalue weighted by Crippen LogP contribution is 2.48. The van der Waals surface area contributed by atoms with Crippen molar-refractivity contribution in [3.63, 3.8) is 0 Å². The third kappa shape index (κ3) is 1.24. The van der Waals surface area contributed by atoms with Gasteiger partial charge in [0.25, 0.3) is 0 Å². The second-order valence-electron chi connectivity index (χ2n) is 3.85. The Kier molecular flexibility index (Phi) is 2.24. The van der Waals surface area contributed by atoms with Gasteiger partial charge in [-0.25, -0.2) is 0 Å². The van der Waals surface area contributed by atoms with Crippen LogP contribution in [-0.4, -0.2) is 12.6 Å². The Morgan fingerprint density at radius 3 is 2.69 bits per heavy atom. The normalized spacial score (nSPS) is 37.8. The van der Waals surface area contributed by atoms with Crippen molar-refractivity contribution in [3.05, 3.63) is 10.6 Å². The summed E-state index contributed by atoms with van der Waals surface area (Å²) >= 11 is 6.00. The van der Waals surface area contributed by atoms with Gasteiger partial charge in [0, 0.05) is 10.6 Å². The van der Waals surface area contributed by atoms with Gasteiger partial charge in [0.1, 0.15) is 12.6 Å². The summed E-state index contributed by atoms with van der Waals surface area (Å²) in [6.07, 6.45) is 4.72. The first kappa shape index (κ1) is 8.95. The summed E-state index contributed by atoms with van der Waals surface area (Å²) in [5.74, 6) is 0.505. The van der Waals surface area contributed by atoms with Gasteiger partial charge < -0.3 is 4.79 Å². The van der Waals surface area contributed by atoms with E-state index in [-0.39, 0.29) is 5.92 Å². The van der Waals surface area contributed by atoms with Crippen LogP contribution in [0.15, 0.2) is 10.6 Å². The van der Waals surface area contributed by atoms with Crippen molar-refractivity contribution < 1.29 is 9.59 Å². The molecule has 2 aliphatic carbocycles. The van der Waals surface area contributed by atoms with E-state index in [1.165, 1.54) is 0 Å². The molecule has 2 rings (SSSR count). The van der Waals surface area contributed by atoms with Gasteiger partial charge in [0.15, 0.2) is 0 Å². The van der Waals surface area contributed by atoms with Crippen LogP contribution < -0.4 is 0 Å². The molecule has 0 N–H and O–H groups in total. The molecule has 3 heteroatoms. The van der Waals surface area contributed by atoms with E-state index in [0.29, 0.717) is 22.4 Å². The van der Waals surface area contributed by atoms with Gasteiger partial charge in [0.05, 0.1) is 5.92 Å². The Morgan fingerprint density at radius 1 is 1.31 bits per heavy atom. The summed E-state index contributed by atoms with van der Waals surface area (Å²) < 4.78 is 0. The summed E-state index contributed by atoms with van der Waals surface area (Å²) in [5, 5.41) is 0.503. The van der Waals surface area contributed by atoms with E-state index in [0.717, 1.165) is 31.8 Å². The lowest BCUT2D eigenvalue weighted by atomic mass is 9.82. The first-order valence-corrected chi connectivity index (χ1v) is 4.95. The zero-order valence-electron chi connectivity index (χ0n) is 7.20. The lowest BCUT2D eigenvalue weighted by Gasteiger charge is -2.25. The van der Waals surface area contributed by atoms with Crippen LogP contribution in [0.1, 0.15) is 19.3 Å². The fourth-order valence-corrected chi connectivity index (χ4v) is 2.97. The monoisotopic (exact) mass is 198 g/mol. The van der Waals surface area contributed by atoms with Gasteiger partial charge in [-0.3, -0.25) is 4.79 Å². The van der Waals surface area contributed by atoms with E-state index in [1.807, 2.05) is 0 Å². The van der Waals surface area contributed by atoms with E-state index in [9.17, 15) is 9.59 Å². The summed E-state index contributed by atoms with van der Waals surface area (Å²) in [4.78, 5) is 21.5. The molecule has 0 aromatic carbocycles. The zero-order chi connectivity index (χ0) is 9.42. The van der Waals surface area contributed by atoms with E-state index >= 15 is 0 Å². The molecule has 0 aromatic rings. The number of carbonyl (C=O) groups is 2. The number of aldehydes is 2. The second kappa shape index (κ2) is 3.26. The fourth-order valence-electron chi connectivity index (χ4n) is 2.54. The third-order valence-electron chi connectivity index (χ3n) is 3.26. The molecule has 0 aromatic heterocycles. The van der Waals surface area contributed by atoms with E-state index in [1.54, 1.807) is 0 Å². The number of allylic oxidation sites excluding steroid dienone is 2. The van der Waals surface area contributed by atoms with Crippen LogP contribution in [0.4, 0.5) is 0 Å². The zero-order valence-corrected chi connectivity index (χ0v) is 7.96. The van der Waals surface area contributed by atoms with Crippen molar-refractivity contribution in [1.29, 1.82) is 0 Å². The highest BCUT2D eigenvalue weighted by Gasteiger charge is 2.40. The number of rotatable bonds is 2. The Hall–Kier alpha value is -0.630. The number of fused-ring (bicyclic) bond motifs is 2. The molecule has 1 fully saturated rings. The SMILES string of the molecule is O=CC1=C(Cl)C(C=O)C2CCC1C2. The number of hydrogen-bond donors (Lipinski definition) is 0. The highest BCUT2D eigenvalue weighted by molar-refractivity contribution is 6.32. The topological polar surface area (TPSA) is 34.1 Å². The molecule has 0 saturated heterocycles. The standard InChI is InChI=1S/C10H11ClO2/c11-10-8(4-12)6-1-2-7(3-6)9(10)5-13/h4-8H,1-3H2. The lowest BCUT2D eigenvalue weighted by molar-refractivity contribution is -0.111. The minimum atomic E-state index is -0.208. The molecular formula is C10H11ClO2. The largest absolute Gasteiger partial charge is 0.303 e. The van der Waals surface area contributed by atoms with Crippen molar-refractivity contribution in [3.8, 4) is 0 Å². The smallest absolute Gasteiger partial charge is 0.147 e. The van der Waals surface area contributed by atoms with Crippen molar-refractivity contribution >= 4 is 24.2 Å². The van der Waals surface area contributed by atoms with Crippen molar-refractivity contribution in [1.82, 2.24) is 0 Å². The Morgan fingerprint density at radius 2 is 2.08 bits per heavy atom. The first-order chi connectivity index (χ1) is 6.27. The lowest BCUT2D eigenvalue weighted by Crippen LogP contribution is -2.21. The Labute approximate surface area is 81.9 Å². The van der Waals surface area contributed by atoms with Crippen LogP contribution in [0, 0.1) is 17.8 Å². The average molecular weight is 199 g/mol. The Balaban J connectivity index is 2.41. The van der Waals surface area contributed by atoms with E-state index < -0.39 is 0 Å². The van der Waals surface area contributed by atoms with Gasteiger partial charge in [-0.05, 0) is 31.1 Å². The summed E-state index contributed by atoms with van der Waals surface area (Å²) in [6.45, 7) is 0. The van der Waals surface area contributed by atoms with Crippen molar-refractivity contribution in [2.24, 2.45) is 17.8 Å². The minimum absolute atomic E-state index is 0.208. The van der Waals surface area contributed by atoms with Gasteiger partial charge >= 0.3 is 0 Å². The molecule has 0 amide bonds. The Bertz CT molecular complexity index is 283. The molecule has 3 atom stereocenters. The molecule has 3 unspecified atom stereocenters. The van der Waals surface area contributed by atoms with E-state index in [2.05, 4.69) is 0 Å². The molecule has 0 aliphatic heterocycles. The number of halogens is 1. The third-order valence-corrected chi connectivity index (χ3v) is 3.73. The van der Waals surface area contributed by atoms with Gasteiger partial charge in [-0.1, -0.05) is 11.6 Å². The minimum Gasteiger partial charge on any atom is -0.303 e. The molecule has 70 valence electrons. The molecule has 0 spiro atoms. The summed E-state index contributed by atoms with van der Waals surface area (Å²) in [6, 6.07) is 0. The van der Waals surface area contributed by atoms with E-state index in [4.69, 9.17) is 11.6 Å². The van der Waals surface area contributed by atoms with Crippen molar-refractivity contribution in [2.45, 2.75) is 19.3 Å². The van der Waals surface area contributed by atoms with Crippen LogP contribution >= 0.6 is 11.6 Å². The second-order valence-corrected chi connectivity index (χ2v) is 4.26. The maximum Gasteiger partial charge on any atom is 0.147 e. The molecule has 2 nitrogen and oxygen atoms in total. The summed E-state index contributed by atoms with van der Waals surface area (Å²) in [5.41, 5.74) is 0.674. The molecule has 0 radical (unpaired) electrons. The first-order valence-electron chi connectivity index (χ1n) is 4.58.